The lowest BCUT2D eigenvalue weighted by Gasteiger charge is -2.15. The van der Waals surface area contributed by atoms with Crippen LogP contribution in [0.1, 0.15) is 25.5 Å². The number of hydrogen-bond acceptors (Lipinski definition) is 2. The topological polar surface area (TPSA) is 29.9 Å². The monoisotopic (exact) mass is 283 g/mol. The third-order valence-electron chi connectivity index (χ3n) is 2.78. The van der Waals surface area contributed by atoms with Gasteiger partial charge in [-0.05, 0) is 25.5 Å². The molecule has 0 saturated carbocycles. The van der Waals surface area contributed by atoms with Crippen LogP contribution in [-0.2, 0) is 6.54 Å². The summed E-state index contributed by atoms with van der Waals surface area (Å²) < 4.78 is 1.87. The first kappa shape index (κ1) is 13.2. The molecular weight excluding hydrogens is 269 g/mol. The highest BCUT2D eigenvalue weighted by Crippen LogP contribution is 2.31. The molecule has 1 atom stereocenters. The molecule has 2 aromatic rings. The molecule has 1 N–H and O–H groups in total. The first-order valence-electron chi connectivity index (χ1n) is 5.85. The minimum Gasteiger partial charge on any atom is -0.362 e. The van der Waals surface area contributed by atoms with Crippen LogP contribution in [0.3, 0.4) is 0 Å². The predicted octanol–water partition coefficient (Wildman–Crippen LogP) is 4.38. The fourth-order valence-electron chi connectivity index (χ4n) is 1.77. The van der Waals surface area contributed by atoms with Gasteiger partial charge in [0.2, 0.25) is 0 Å². The predicted molar refractivity (Wildman–Crippen MR) is 76.4 cm³/mol. The molecule has 5 heteroatoms. The van der Waals surface area contributed by atoms with Gasteiger partial charge >= 0.3 is 0 Å². The second kappa shape index (κ2) is 5.63. The summed E-state index contributed by atoms with van der Waals surface area (Å²) in [5.74, 6) is 0.834. The summed E-state index contributed by atoms with van der Waals surface area (Å²) in [5, 5.41) is 8.84. The van der Waals surface area contributed by atoms with E-state index in [1.807, 2.05) is 42.9 Å². The van der Waals surface area contributed by atoms with Crippen molar-refractivity contribution in [3.05, 3.63) is 46.1 Å². The SMILES string of the molecule is CCn1ccc(NC(C)c2cccc(Cl)c2Cl)n1. The maximum atomic E-state index is 6.19. The minimum atomic E-state index is 0.0522. The quantitative estimate of drug-likeness (QED) is 0.902. The highest BCUT2D eigenvalue weighted by Gasteiger charge is 2.12. The van der Waals surface area contributed by atoms with Gasteiger partial charge in [0.1, 0.15) is 5.82 Å². The number of halogens is 2. The largest absolute Gasteiger partial charge is 0.362 e. The second-order valence-electron chi connectivity index (χ2n) is 4.07. The number of hydrogen-bond donors (Lipinski definition) is 1. The molecule has 0 aliphatic carbocycles. The van der Waals surface area contributed by atoms with Gasteiger partial charge in [-0.15, -0.1) is 0 Å². The molecule has 0 spiro atoms. The van der Waals surface area contributed by atoms with Crippen molar-refractivity contribution in [2.24, 2.45) is 0 Å². The van der Waals surface area contributed by atoms with E-state index >= 15 is 0 Å². The molecule has 2 rings (SSSR count). The molecule has 3 nitrogen and oxygen atoms in total. The van der Waals surface area contributed by atoms with Crippen LogP contribution >= 0.6 is 23.2 Å². The lowest BCUT2D eigenvalue weighted by atomic mass is 10.1. The third-order valence-corrected chi connectivity index (χ3v) is 3.61. The molecule has 1 unspecified atom stereocenters. The molecule has 0 fully saturated rings. The molecule has 0 saturated heterocycles. The summed E-state index contributed by atoms with van der Waals surface area (Å²) in [5.41, 5.74) is 0.968. The second-order valence-corrected chi connectivity index (χ2v) is 4.85. The summed E-state index contributed by atoms with van der Waals surface area (Å²) in [4.78, 5) is 0. The van der Waals surface area contributed by atoms with E-state index < -0.39 is 0 Å². The van der Waals surface area contributed by atoms with Crippen molar-refractivity contribution in [2.75, 3.05) is 5.32 Å². The van der Waals surface area contributed by atoms with Gasteiger partial charge in [0.05, 0.1) is 16.1 Å². The Kier molecular flexibility index (Phi) is 4.15. The lowest BCUT2D eigenvalue weighted by Crippen LogP contribution is -2.08. The Hall–Kier alpha value is -1.19. The van der Waals surface area contributed by atoms with Crippen molar-refractivity contribution in [3.63, 3.8) is 0 Å². The Morgan fingerprint density at radius 1 is 1.33 bits per heavy atom. The van der Waals surface area contributed by atoms with Crippen LogP contribution in [0.2, 0.25) is 10.0 Å². The molecule has 1 aromatic heterocycles. The van der Waals surface area contributed by atoms with E-state index in [-0.39, 0.29) is 6.04 Å². The fraction of sp³-hybridized carbons (Fsp3) is 0.308. The molecule has 0 amide bonds. The summed E-state index contributed by atoms with van der Waals surface area (Å²) in [6, 6.07) is 7.63. The number of nitrogens with zero attached hydrogens (tertiary/aromatic N) is 2. The Balaban J connectivity index is 2.16. The van der Waals surface area contributed by atoms with E-state index in [9.17, 15) is 0 Å². The molecule has 96 valence electrons. The molecule has 0 bridgehead atoms. The van der Waals surface area contributed by atoms with Gasteiger partial charge < -0.3 is 5.32 Å². The van der Waals surface area contributed by atoms with Gasteiger partial charge in [0.15, 0.2) is 0 Å². The highest BCUT2D eigenvalue weighted by atomic mass is 35.5. The van der Waals surface area contributed by atoms with Crippen molar-refractivity contribution in [1.29, 1.82) is 0 Å². The van der Waals surface area contributed by atoms with Crippen LogP contribution in [0, 0.1) is 0 Å². The molecule has 0 aliphatic heterocycles. The van der Waals surface area contributed by atoms with Crippen LogP contribution in [-0.4, -0.2) is 9.78 Å². The van der Waals surface area contributed by atoms with Gasteiger partial charge in [-0.1, -0.05) is 35.3 Å². The van der Waals surface area contributed by atoms with E-state index in [0.717, 1.165) is 17.9 Å². The summed E-state index contributed by atoms with van der Waals surface area (Å²) in [6.45, 7) is 4.94. The maximum absolute atomic E-state index is 6.19. The van der Waals surface area contributed by atoms with E-state index in [2.05, 4.69) is 10.4 Å². The van der Waals surface area contributed by atoms with Crippen LogP contribution in [0.4, 0.5) is 5.82 Å². The zero-order valence-corrected chi connectivity index (χ0v) is 11.8. The van der Waals surface area contributed by atoms with Crippen molar-refractivity contribution in [3.8, 4) is 0 Å². The summed E-state index contributed by atoms with van der Waals surface area (Å²) in [7, 11) is 0. The third kappa shape index (κ3) is 2.79. The van der Waals surface area contributed by atoms with E-state index in [4.69, 9.17) is 23.2 Å². The van der Waals surface area contributed by atoms with Gasteiger partial charge in [-0.25, -0.2) is 0 Å². The zero-order valence-electron chi connectivity index (χ0n) is 10.3. The van der Waals surface area contributed by atoms with Crippen LogP contribution in [0.25, 0.3) is 0 Å². The first-order chi connectivity index (χ1) is 8.61. The number of aromatic nitrogens is 2. The average molecular weight is 284 g/mol. The molecular formula is C13H15Cl2N3. The highest BCUT2D eigenvalue weighted by molar-refractivity contribution is 6.42. The molecule has 1 heterocycles. The Labute approximate surface area is 117 Å². The Bertz CT molecular complexity index is 537. The standard InChI is InChI=1S/C13H15Cl2N3/c1-3-18-8-7-12(17-18)16-9(2)10-5-4-6-11(14)13(10)15/h4-9H,3H2,1-2H3,(H,16,17). The number of nitrogens with one attached hydrogen (secondary N) is 1. The van der Waals surface area contributed by atoms with Crippen molar-refractivity contribution < 1.29 is 0 Å². The number of aryl methyl sites for hydroxylation is 1. The number of anilines is 1. The number of benzene rings is 1. The van der Waals surface area contributed by atoms with Crippen LogP contribution in [0.5, 0.6) is 0 Å². The van der Waals surface area contributed by atoms with Crippen LogP contribution < -0.4 is 5.32 Å². The lowest BCUT2D eigenvalue weighted by molar-refractivity contribution is 0.659. The fourth-order valence-corrected chi connectivity index (χ4v) is 2.24. The van der Waals surface area contributed by atoms with E-state index in [1.54, 1.807) is 6.07 Å². The first-order valence-corrected chi connectivity index (χ1v) is 6.61. The number of rotatable bonds is 4. The smallest absolute Gasteiger partial charge is 0.148 e. The molecule has 0 radical (unpaired) electrons. The van der Waals surface area contributed by atoms with Gasteiger partial charge in [0, 0.05) is 18.8 Å². The molecule has 0 aliphatic rings. The van der Waals surface area contributed by atoms with E-state index in [1.165, 1.54) is 0 Å². The van der Waals surface area contributed by atoms with Crippen molar-refractivity contribution in [1.82, 2.24) is 9.78 Å². The maximum Gasteiger partial charge on any atom is 0.148 e. The van der Waals surface area contributed by atoms with Gasteiger partial charge in [-0.3, -0.25) is 4.68 Å². The Morgan fingerprint density at radius 3 is 2.78 bits per heavy atom. The zero-order chi connectivity index (χ0) is 13.1. The minimum absolute atomic E-state index is 0.0522. The van der Waals surface area contributed by atoms with Crippen molar-refractivity contribution >= 4 is 29.0 Å². The van der Waals surface area contributed by atoms with Gasteiger partial charge in [-0.2, -0.15) is 5.10 Å². The summed E-state index contributed by atoms with van der Waals surface area (Å²) in [6.07, 6.45) is 1.94. The Morgan fingerprint density at radius 2 is 2.11 bits per heavy atom. The molecule has 1 aromatic carbocycles. The van der Waals surface area contributed by atoms with Crippen LogP contribution in [0.15, 0.2) is 30.5 Å². The van der Waals surface area contributed by atoms with E-state index in [0.29, 0.717) is 10.0 Å². The average Bonchev–Trinajstić information content (AvgIpc) is 2.80. The normalized spacial score (nSPS) is 12.4. The summed E-state index contributed by atoms with van der Waals surface area (Å²) >= 11 is 12.2. The van der Waals surface area contributed by atoms with Crippen molar-refractivity contribution in [2.45, 2.75) is 26.4 Å². The molecule has 18 heavy (non-hydrogen) atoms. The van der Waals surface area contributed by atoms with Gasteiger partial charge in [0.25, 0.3) is 0 Å².